The van der Waals surface area contributed by atoms with Crippen LogP contribution in [0.5, 0.6) is 17.2 Å². The van der Waals surface area contributed by atoms with Gasteiger partial charge in [-0.25, -0.2) is 0 Å². The summed E-state index contributed by atoms with van der Waals surface area (Å²) < 4.78 is 20.9. The van der Waals surface area contributed by atoms with Crippen LogP contribution in [0.2, 0.25) is 5.02 Å². The molecule has 4 rings (SSSR count). The van der Waals surface area contributed by atoms with E-state index in [2.05, 4.69) is 20.8 Å². The molecule has 31 heavy (non-hydrogen) atoms. The van der Waals surface area contributed by atoms with Gasteiger partial charge in [0.05, 0.1) is 5.02 Å². The van der Waals surface area contributed by atoms with E-state index >= 15 is 0 Å². The summed E-state index contributed by atoms with van der Waals surface area (Å²) in [5.41, 5.74) is 0.623. The van der Waals surface area contributed by atoms with Crippen molar-refractivity contribution in [2.45, 2.75) is 0 Å². The Kier molecular flexibility index (Phi) is 6.18. The summed E-state index contributed by atoms with van der Waals surface area (Å²) in [5, 5.41) is 9.44. The van der Waals surface area contributed by atoms with Crippen LogP contribution in [-0.2, 0) is 4.79 Å². The van der Waals surface area contributed by atoms with E-state index in [0.29, 0.717) is 27.8 Å². The van der Waals surface area contributed by atoms with E-state index in [9.17, 15) is 9.59 Å². The van der Waals surface area contributed by atoms with E-state index in [0.717, 1.165) is 0 Å². The number of para-hydroxylation sites is 1. The fraction of sp³-hybridized carbons (Fsp3) is 0.200. The van der Waals surface area contributed by atoms with Crippen molar-refractivity contribution in [3.63, 3.8) is 0 Å². The van der Waals surface area contributed by atoms with Crippen LogP contribution in [0.4, 0.5) is 0 Å². The number of benzene rings is 2. The molecule has 160 valence electrons. The van der Waals surface area contributed by atoms with Gasteiger partial charge in [-0.3, -0.25) is 9.59 Å². The van der Waals surface area contributed by atoms with Crippen molar-refractivity contribution < 1.29 is 28.3 Å². The molecule has 0 saturated carbocycles. The molecule has 0 atom stereocenters. The molecule has 2 heterocycles. The Morgan fingerprint density at radius 1 is 1.06 bits per heavy atom. The van der Waals surface area contributed by atoms with Crippen molar-refractivity contribution in [1.82, 2.24) is 20.8 Å². The van der Waals surface area contributed by atoms with Gasteiger partial charge in [0.25, 0.3) is 5.91 Å². The number of hydrogen-bond donors (Lipinski definition) is 2. The number of hydrogen-bond acceptors (Lipinski definition) is 8. The lowest BCUT2D eigenvalue weighted by Crippen LogP contribution is -2.36. The van der Waals surface area contributed by atoms with Gasteiger partial charge in [0.2, 0.25) is 12.6 Å². The Labute approximate surface area is 181 Å². The first-order valence-electron chi connectivity index (χ1n) is 9.26. The van der Waals surface area contributed by atoms with E-state index in [1.807, 2.05) is 0 Å². The molecule has 1 aromatic heterocycles. The molecule has 2 N–H and O–H groups in total. The highest BCUT2D eigenvalue weighted by Gasteiger charge is 2.19. The number of amides is 2. The molecular formula is C20H17ClN4O6. The minimum absolute atomic E-state index is 0.154. The third-order valence-corrected chi connectivity index (χ3v) is 4.49. The highest BCUT2D eigenvalue weighted by atomic mass is 35.5. The lowest BCUT2D eigenvalue weighted by atomic mass is 10.2. The second-order valence-corrected chi connectivity index (χ2v) is 6.72. The van der Waals surface area contributed by atoms with E-state index in [-0.39, 0.29) is 44.1 Å². The standard InChI is InChI=1S/C20H17ClN4O6/c21-13-3-1-2-4-14(13)28-10-17(26)22-7-8-23-19(27)20-24-18(25-31-20)12-5-6-15-16(9-12)30-11-29-15/h1-6,9H,7-8,10-11H2,(H,22,26)(H,23,27). The van der Waals surface area contributed by atoms with Gasteiger partial charge in [-0.1, -0.05) is 28.9 Å². The molecule has 0 radical (unpaired) electrons. The van der Waals surface area contributed by atoms with Crippen molar-refractivity contribution in [2.75, 3.05) is 26.5 Å². The minimum atomic E-state index is -0.555. The highest BCUT2D eigenvalue weighted by molar-refractivity contribution is 6.32. The fourth-order valence-corrected chi connectivity index (χ4v) is 2.87. The second-order valence-electron chi connectivity index (χ2n) is 6.32. The Balaban J connectivity index is 1.21. The van der Waals surface area contributed by atoms with Gasteiger partial charge in [0.15, 0.2) is 18.1 Å². The number of rotatable bonds is 8. The Morgan fingerprint density at radius 3 is 2.74 bits per heavy atom. The van der Waals surface area contributed by atoms with Crippen molar-refractivity contribution >= 4 is 23.4 Å². The van der Waals surface area contributed by atoms with Crippen molar-refractivity contribution in [3.8, 4) is 28.6 Å². The third-order valence-electron chi connectivity index (χ3n) is 4.18. The average Bonchev–Trinajstić information content (AvgIpc) is 3.45. The quantitative estimate of drug-likeness (QED) is 0.506. The zero-order chi connectivity index (χ0) is 21.6. The van der Waals surface area contributed by atoms with Gasteiger partial charge < -0.3 is 29.4 Å². The van der Waals surface area contributed by atoms with Crippen LogP contribution in [0.1, 0.15) is 10.7 Å². The van der Waals surface area contributed by atoms with E-state index < -0.39 is 5.91 Å². The molecule has 0 fully saturated rings. The van der Waals surface area contributed by atoms with Crippen molar-refractivity contribution in [1.29, 1.82) is 0 Å². The molecule has 10 nitrogen and oxygen atoms in total. The molecule has 0 unspecified atom stereocenters. The number of ether oxygens (including phenoxy) is 3. The zero-order valence-electron chi connectivity index (χ0n) is 16.1. The summed E-state index contributed by atoms with van der Waals surface area (Å²) in [4.78, 5) is 28.1. The largest absolute Gasteiger partial charge is 0.482 e. The Bertz CT molecular complexity index is 1100. The summed E-state index contributed by atoms with van der Waals surface area (Å²) >= 11 is 5.96. The molecule has 1 aliphatic heterocycles. The van der Waals surface area contributed by atoms with Crippen molar-refractivity contribution in [2.24, 2.45) is 0 Å². The molecule has 0 bridgehead atoms. The molecular weight excluding hydrogens is 428 g/mol. The Hall–Kier alpha value is -3.79. The predicted molar refractivity (Wildman–Crippen MR) is 108 cm³/mol. The van der Waals surface area contributed by atoms with Crippen molar-refractivity contribution in [3.05, 3.63) is 53.4 Å². The minimum Gasteiger partial charge on any atom is -0.482 e. The smallest absolute Gasteiger partial charge is 0.316 e. The molecule has 2 amide bonds. The SMILES string of the molecule is O=C(COc1ccccc1Cl)NCCNC(=O)c1nc(-c2ccc3c(c2)OCO3)no1. The van der Waals surface area contributed by atoms with E-state index in [1.165, 1.54) is 0 Å². The van der Waals surface area contributed by atoms with Crippen LogP contribution in [-0.4, -0.2) is 48.4 Å². The lowest BCUT2D eigenvalue weighted by Gasteiger charge is -2.08. The molecule has 0 saturated heterocycles. The van der Waals surface area contributed by atoms with Gasteiger partial charge in [0.1, 0.15) is 5.75 Å². The summed E-state index contributed by atoms with van der Waals surface area (Å²) in [6.07, 6.45) is 0. The maximum absolute atomic E-state index is 12.2. The van der Waals surface area contributed by atoms with Crippen LogP contribution >= 0.6 is 11.6 Å². The summed E-state index contributed by atoms with van der Waals surface area (Å²) in [6.45, 7) is 0.319. The summed E-state index contributed by atoms with van der Waals surface area (Å²) in [6, 6.07) is 12.0. The monoisotopic (exact) mass is 444 g/mol. The maximum Gasteiger partial charge on any atom is 0.316 e. The first kappa shape index (κ1) is 20.5. The lowest BCUT2D eigenvalue weighted by molar-refractivity contribution is -0.123. The molecule has 0 aliphatic carbocycles. The molecule has 0 spiro atoms. The number of aromatic nitrogens is 2. The number of fused-ring (bicyclic) bond motifs is 1. The van der Waals surface area contributed by atoms with Crippen LogP contribution < -0.4 is 24.8 Å². The van der Waals surface area contributed by atoms with Crippen LogP contribution in [0, 0.1) is 0 Å². The van der Waals surface area contributed by atoms with Gasteiger partial charge in [-0.2, -0.15) is 4.98 Å². The number of carbonyl (C=O) groups excluding carboxylic acids is 2. The maximum atomic E-state index is 12.2. The first-order valence-corrected chi connectivity index (χ1v) is 9.64. The van der Waals surface area contributed by atoms with Gasteiger partial charge in [-0.05, 0) is 30.3 Å². The Morgan fingerprint density at radius 2 is 1.87 bits per heavy atom. The predicted octanol–water partition coefficient (Wildman–Crippen LogP) is 2.04. The van der Waals surface area contributed by atoms with E-state index in [1.54, 1.807) is 42.5 Å². The fourth-order valence-electron chi connectivity index (χ4n) is 2.68. The van der Waals surface area contributed by atoms with E-state index in [4.69, 9.17) is 30.3 Å². The molecule has 3 aromatic rings. The molecule has 11 heteroatoms. The highest BCUT2D eigenvalue weighted by Crippen LogP contribution is 2.35. The number of halogens is 1. The number of carbonyl (C=O) groups is 2. The van der Waals surface area contributed by atoms with Gasteiger partial charge >= 0.3 is 11.8 Å². The summed E-state index contributed by atoms with van der Waals surface area (Å²) in [7, 11) is 0. The van der Waals surface area contributed by atoms with Crippen LogP contribution in [0.15, 0.2) is 47.0 Å². The second kappa shape index (κ2) is 9.35. The average molecular weight is 445 g/mol. The number of nitrogens with one attached hydrogen (secondary N) is 2. The molecule has 2 aromatic carbocycles. The van der Waals surface area contributed by atoms with Crippen LogP contribution in [0.25, 0.3) is 11.4 Å². The number of nitrogens with zero attached hydrogens (tertiary/aromatic N) is 2. The van der Waals surface area contributed by atoms with Crippen LogP contribution in [0.3, 0.4) is 0 Å². The van der Waals surface area contributed by atoms with Gasteiger partial charge in [-0.15, -0.1) is 0 Å². The molecule has 1 aliphatic rings. The third kappa shape index (κ3) is 5.04. The van der Waals surface area contributed by atoms with Gasteiger partial charge in [0, 0.05) is 18.7 Å². The zero-order valence-corrected chi connectivity index (χ0v) is 16.8. The first-order chi connectivity index (χ1) is 15.1. The topological polar surface area (TPSA) is 125 Å². The normalized spacial score (nSPS) is 11.8. The summed E-state index contributed by atoms with van der Waals surface area (Å²) in [5.74, 6) is 0.766.